The molecule has 17 heavy (non-hydrogen) atoms. The van der Waals surface area contributed by atoms with E-state index in [1.807, 2.05) is 12.1 Å². The molecule has 0 aromatic heterocycles. The Labute approximate surface area is 106 Å². The summed E-state index contributed by atoms with van der Waals surface area (Å²) in [5, 5.41) is 12.8. The molecule has 0 bridgehead atoms. The Morgan fingerprint density at radius 2 is 2.00 bits per heavy atom. The highest BCUT2D eigenvalue weighted by Gasteiger charge is 2.38. The molecule has 0 amide bonds. The maximum atomic E-state index is 9.68. The van der Waals surface area contributed by atoms with Crippen molar-refractivity contribution in [2.75, 3.05) is 6.61 Å². The highest BCUT2D eigenvalue weighted by Crippen LogP contribution is 2.45. The van der Waals surface area contributed by atoms with Gasteiger partial charge in [0.2, 0.25) is 0 Å². The van der Waals surface area contributed by atoms with Crippen molar-refractivity contribution in [1.82, 2.24) is 0 Å². The lowest BCUT2D eigenvalue weighted by Crippen LogP contribution is -2.38. The lowest BCUT2D eigenvalue weighted by Gasteiger charge is -2.41. The van der Waals surface area contributed by atoms with E-state index < -0.39 is 0 Å². The zero-order valence-corrected chi connectivity index (χ0v) is 10.4. The summed E-state index contributed by atoms with van der Waals surface area (Å²) in [4.78, 5) is 0. The first-order valence-corrected chi connectivity index (χ1v) is 6.43. The topological polar surface area (TPSA) is 20.2 Å². The molecule has 1 aliphatic carbocycles. The van der Waals surface area contributed by atoms with Gasteiger partial charge in [0.25, 0.3) is 0 Å². The van der Waals surface area contributed by atoms with Crippen molar-refractivity contribution in [2.24, 2.45) is 0 Å². The van der Waals surface area contributed by atoms with Crippen molar-refractivity contribution in [1.29, 1.82) is 0 Å². The van der Waals surface area contributed by atoms with E-state index in [1.165, 1.54) is 17.4 Å². The molecule has 1 nitrogen and oxygen atoms in total. The average Bonchev–Trinajstić information content (AvgIpc) is 2.28. The fraction of sp³-hybridized carbons (Fsp3) is 0.333. The molecule has 88 valence electrons. The SMILES string of the molecule is OCC1(c2cccc3cc(Cl)ccc23)CCC1. The third-order valence-corrected chi connectivity index (χ3v) is 4.26. The first kappa shape index (κ1) is 11.1. The fourth-order valence-corrected chi connectivity index (χ4v) is 3.01. The van der Waals surface area contributed by atoms with Crippen LogP contribution in [-0.2, 0) is 5.41 Å². The first-order chi connectivity index (χ1) is 8.25. The monoisotopic (exact) mass is 246 g/mol. The van der Waals surface area contributed by atoms with E-state index in [2.05, 4.69) is 24.3 Å². The molecular weight excluding hydrogens is 232 g/mol. The van der Waals surface area contributed by atoms with Gasteiger partial charge in [-0.2, -0.15) is 0 Å². The maximum absolute atomic E-state index is 9.68. The normalized spacial score (nSPS) is 18.0. The van der Waals surface area contributed by atoms with E-state index in [4.69, 9.17) is 11.6 Å². The molecule has 0 atom stereocenters. The molecule has 1 saturated carbocycles. The Kier molecular flexibility index (Phi) is 2.61. The van der Waals surface area contributed by atoms with Gasteiger partial charge in [-0.3, -0.25) is 0 Å². The van der Waals surface area contributed by atoms with E-state index in [0.29, 0.717) is 0 Å². The summed E-state index contributed by atoms with van der Waals surface area (Å²) in [7, 11) is 0. The molecule has 0 heterocycles. The molecule has 0 radical (unpaired) electrons. The van der Waals surface area contributed by atoms with Crippen molar-refractivity contribution in [3.05, 3.63) is 47.0 Å². The quantitative estimate of drug-likeness (QED) is 0.852. The second-order valence-corrected chi connectivity index (χ2v) is 5.40. The van der Waals surface area contributed by atoms with E-state index >= 15 is 0 Å². The van der Waals surface area contributed by atoms with Gasteiger partial charge in [-0.05, 0) is 41.3 Å². The second-order valence-electron chi connectivity index (χ2n) is 4.96. The third kappa shape index (κ3) is 1.65. The Hall–Kier alpha value is -1.05. The van der Waals surface area contributed by atoms with Crippen LogP contribution >= 0.6 is 11.6 Å². The van der Waals surface area contributed by atoms with E-state index in [1.54, 1.807) is 0 Å². The molecule has 2 heteroatoms. The van der Waals surface area contributed by atoms with Crippen molar-refractivity contribution in [3.63, 3.8) is 0 Å². The van der Waals surface area contributed by atoms with Crippen LogP contribution in [0.5, 0.6) is 0 Å². The third-order valence-electron chi connectivity index (χ3n) is 4.03. The molecule has 2 aromatic carbocycles. The van der Waals surface area contributed by atoms with Gasteiger partial charge in [0, 0.05) is 10.4 Å². The van der Waals surface area contributed by atoms with Gasteiger partial charge in [0.1, 0.15) is 0 Å². The predicted molar refractivity (Wildman–Crippen MR) is 71.6 cm³/mol. The number of hydrogen-bond donors (Lipinski definition) is 1. The van der Waals surface area contributed by atoms with Crippen LogP contribution in [0.2, 0.25) is 5.02 Å². The number of benzene rings is 2. The van der Waals surface area contributed by atoms with Crippen LogP contribution in [0.1, 0.15) is 24.8 Å². The molecule has 2 aromatic rings. The van der Waals surface area contributed by atoms with Crippen molar-refractivity contribution in [3.8, 4) is 0 Å². The smallest absolute Gasteiger partial charge is 0.0528 e. The van der Waals surface area contributed by atoms with Gasteiger partial charge in [-0.15, -0.1) is 0 Å². The van der Waals surface area contributed by atoms with Crippen LogP contribution < -0.4 is 0 Å². The molecule has 0 spiro atoms. The van der Waals surface area contributed by atoms with Crippen LogP contribution in [0, 0.1) is 0 Å². The Morgan fingerprint density at radius 1 is 1.18 bits per heavy atom. The van der Waals surface area contributed by atoms with Crippen LogP contribution in [0.25, 0.3) is 10.8 Å². The molecule has 1 aliphatic rings. The standard InChI is InChI=1S/C15H15ClO/c16-12-5-6-13-11(9-12)3-1-4-14(13)15(10-17)7-2-8-15/h1,3-6,9,17H,2,7-8,10H2. The highest BCUT2D eigenvalue weighted by atomic mass is 35.5. The van der Waals surface area contributed by atoms with Gasteiger partial charge >= 0.3 is 0 Å². The number of hydrogen-bond acceptors (Lipinski definition) is 1. The van der Waals surface area contributed by atoms with Crippen LogP contribution in [-0.4, -0.2) is 11.7 Å². The summed E-state index contributed by atoms with van der Waals surface area (Å²) in [6.07, 6.45) is 3.39. The van der Waals surface area contributed by atoms with E-state index in [-0.39, 0.29) is 12.0 Å². The van der Waals surface area contributed by atoms with Crippen LogP contribution in [0.15, 0.2) is 36.4 Å². The number of rotatable bonds is 2. The molecule has 0 saturated heterocycles. The summed E-state index contributed by atoms with van der Waals surface area (Å²) >= 11 is 6.02. The highest BCUT2D eigenvalue weighted by molar-refractivity contribution is 6.31. The zero-order chi connectivity index (χ0) is 11.9. The van der Waals surface area contributed by atoms with E-state index in [9.17, 15) is 5.11 Å². The average molecular weight is 247 g/mol. The lowest BCUT2D eigenvalue weighted by molar-refractivity contribution is 0.121. The number of halogens is 1. The molecule has 1 N–H and O–H groups in total. The summed E-state index contributed by atoms with van der Waals surface area (Å²) in [5.41, 5.74) is 1.27. The van der Waals surface area contributed by atoms with Gasteiger partial charge in [0.05, 0.1) is 6.61 Å². The lowest BCUT2D eigenvalue weighted by atomic mass is 9.64. The Bertz CT molecular complexity index is 552. The molecule has 0 aliphatic heterocycles. The summed E-state index contributed by atoms with van der Waals surface area (Å²) in [6.45, 7) is 0.245. The van der Waals surface area contributed by atoms with E-state index in [0.717, 1.165) is 23.3 Å². The molecule has 3 rings (SSSR count). The summed E-state index contributed by atoms with van der Waals surface area (Å²) in [5.74, 6) is 0. The molecule has 1 fully saturated rings. The minimum absolute atomic E-state index is 0.00661. The number of aliphatic hydroxyl groups excluding tert-OH is 1. The van der Waals surface area contributed by atoms with Gasteiger partial charge in [0.15, 0.2) is 0 Å². The minimum Gasteiger partial charge on any atom is -0.395 e. The fourth-order valence-electron chi connectivity index (χ4n) is 2.83. The largest absolute Gasteiger partial charge is 0.395 e. The van der Waals surface area contributed by atoms with Crippen LogP contribution in [0.3, 0.4) is 0 Å². The minimum atomic E-state index is -0.00661. The van der Waals surface area contributed by atoms with Gasteiger partial charge in [-0.1, -0.05) is 42.3 Å². The van der Waals surface area contributed by atoms with Crippen molar-refractivity contribution < 1.29 is 5.11 Å². The maximum Gasteiger partial charge on any atom is 0.0528 e. The Balaban J connectivity index is 2.23. The predicted octanol–water partition coefficient (Wildman–Crippen LogP) is 3.91. The second kappa shape index (κ2) is 4.01. The first-order valence-electron chi connectivity index (χ1n) is 6.05. The Morgan fingerprint density at radius 3 is 2.65 bits per heavy atom. The van der Waals surface area contributed by atoms with Gasteiger partial charge in [-0.25, -0.2) is 0 Å². The number of fused-ring (bicyclic) bond motifs is 1. The van der Waals surface area contributed by atoms with Gasteiger partial charge < -0.3 is 5.11 Å². The summed E-state index contributed by atoms with van der Waals surface area (Å²) < 4.78 is 0. The number of aliphatic hydroxyl groups is 1. The van der Waals surface area contributed by atoms with Crippen molar-refractivity contribution in [2.45, 2.75) is 24.7 Å². The summed E-state index contributed by atoms with van der Waals surface area (Å²) in [6, 6.07) is 12.3. The van der Waals surface area contributed by atoms with Crippen LogP contribution in [0.4, 0.5) is 0 Å². The zero-order valence-electron chi connectivity index (χ0n) is 9.62. The van der Waals surface area contributed by atoms with Crippen molar-refractivity contribution >= 4 is 22.4 Å². The molecular formula is C15H15ClO. The molecule has 0 unspecified atom stereocenters.